The lowest BCUT2D eigenvalue weighted by molar-refractivity contribution is -0.108. The van der Waals surface area contributed by atoms with Gasteiger partial charge in [0.15, 0.2) is 6.29 Å². The summed E-state index contributed by atoms with van der Waals surface area (Å²) in [5, 5.41) is 1.70. The van der Waals surface area contributed by atoms with E-state index in [1.54, 1.807) is 40.7 Å². The van der Waals surface area contributed by atoms with Crippen LogP contribution in [-0.4, -0.2) is 33.5 Å². The molecule has 2 aromatic rings. The third-order valence-corrected chi connectivity index (χ3v) is 3.50. The van der Waals surface area contributed by atoms with Gasteiger partial charge in [-0.2, -0.15) is 0 Å². The van der Waals surface area contributed by atoms with E-state index >= 15 is 0 Å². The van der Waals surface area contributed by atoms with Crippen LogP contribution >= 0.6 is 0 Å². The number of pyridine rings is 1. The zero-order valence-corrected chi connectivity index (χ0v) is 14.0. The molecule has 1 unspecified atom stereocenters. The molecule has 1 aliphatic rings. The van der Waals surface area contributed by atoms with Crippen molar-refractivity contribution in [2.45, 2.75) is 26.8 Å². The lowest BCUT2D eigenvalue weighted by atomic mass is 9.99. The molecule has 0 aliphatic carbocycles. The number of rotatable bonds is 5. The van der Waals surface area contributed by atoms with E-state index in [1.807, 2.05) is 12.1 Å². The van der Waals surface area contributed by atoms with Gasteiger partial charge < -0.3 is 19.5 Å². The Kier molecular flexibility index (Phi) is 4.24. The summed E-state index contributed by atoms with van der Waals surface area (Å²) >= 11 is 0. The number of carbonyl (C=O) groups excluding carboxylic acids is 1. The Morgan fingerprint density at radius 1 is 1.38 bits per heavy atom. The number of hydrogen-bond donors (Lipinski definition) is 1. The zero-order valence-electron chi connectivity index (χ0n) is 14.0. The Morgan fingerprint density at radius 3 is 2.79 bits per heavy atom. The number of ether oxygens (including phenoxy) is 1. The van der Waals surface area contributed by atoms with E-state index in [9.17, 15) is 4.79 Å². The molecule has 1 atom stereocenters. The highest BCUT2D eigenvalue weighted by Crippen LogP contribution is 2.25. The summed E-state index contributed by atoms with van der Waals surface area (Å²) in [5.41, 5.74) is 3.95. The van der Waals surface area contributed by atoms with Crippen molar-refractivity contribution in [1.29, 1.82) is 0 Å². The molecule has 0 amide bonds. The van der Waals surface area contributed by atoms with Crippen LogP contribution in [-0.2, 0) is 4.79 Å². The van der Waals surface area contributed by atoms with E-state index in [1.165, 1.54) is 0 Å². The van der Waals surface area contributed by atoms with Gasteiger partial charge in [-0.25, -0.2) is 9.97 Å². The maximum Gasteiger partial charge on any atom is 0.150 e. The molecule has 3 heterocycles. The van der Waals surface area contributed by atoms with Crippen molar-refractivity contribution >= 4 is 17.8 Å². The van der Waals surface area contributed by atoms with Crippen LogP contribution in [0.15, 0.2) is 43.3 Å². The van der Waals surface area contributed by atoms with Crippen molar-refractivity contribution in [1.82, 2.24) is 20.0 Å². The van der Waals surface area contributed by atoms with Gasteiger partial charge in [-0.1, -0.05) is 20.8 Å². The molecule has 0 bridgehead atoms. The quantitative estimate of drug-likeness (QED) is 0.848. The number of aldehydes is 1. The highest BCUT2D eigenvalue weighted by molar-refractivity contribution is 5.83. The molecule has 0 spiro atoms. The van der Waals surface area contributed by atoms with Crippen molar-refractivity contribution < 1.29 is 9.53 Å². The lowest BCUT2D eigenvalue weighted by Crippen LogP contribution is -2.40. The smallest absolute Gasteiger partial charge is 0.150 e. The van der Waals surface area contributed by atoms with Crippen LogP contribution in [0, 0.1) is 5.41 Å². The van der Waals surface area contributed by atoms with Crippen LogP contribution in [0.5, 0.6) is 5.75 Å². The summed E-state index contributed by atoms with van der Waals surface area (Å²) in [6.45, 7) is 6.95. The maximum atomic E-state index is 11.6. The van der Waals surface area contributed by atoms with Crippen molar-refractivity contribution in [3.8, 4) is 5.75 Å². The fraction of sp³-hybridized carbons (Fsp3) is 0.353. The van der Waals surface area contributed by atoms with Gasteiger partial charge in [-0.3, -0.25) is 5.01 Å². The van der Waals surface area contributed by atoms with Crippen molar-refractivity contribution in [2.75, 3.05) is 11.6 Å². The molecule has 126 valence electrons. The summed E-state index contributed by atoms with van der Waals surface area (Å²) in [6, 6.07) is 3.20. The molecule has 0 fully saturated rings. The number of nitrogens with zero attached hydrogens (tertiary/aromatic N) is 4. The average molecular weight is 327 g/mol. The van der Waals surface area contributed by atoms with Crippen LogP contribution in [0.1, 0.15) is 20.8 Å². The van der Waals surface area contributed by atoms with Crippen molar-refractivity contribution in [3.05, 3.63) is 43.3 Å². The van der Waals surface area contributed by atoms with Crippen LogP contribution in [0.4, 0.5) is 5.82 Å². The topological polar surface area (TPSA) is 72.3 Å². The number of hydrazine groups is 1. The second-order valence-corrected chi connectivity index (χ2v) is 6.82. The Balaban J connectivity index is 1.72. The minimum absolute atomic E-state index is 0.0847. The molecule has 1 aliphatic heterocycles. The molecule has 0 radical (unpaired) electrons. The average Bonchev–Trinajstić information content (AvgIpc) is 3.21. The molecule has 7 heteroatoms. The molecule has 2 aromatic heterocycles. The number of aromatic nitrogens is 3. The number of imidazole rings is 1. The van der Waals surface area contributed by atoms with E-state index in [0.29, 0.717) is 18.2 Å². The first-order valence-corrected chi connectivity index (χ1v) is 7.76. The van der Waals surface area contributed by atoms with Gasteiger partial charge >= 0.3 is 0 Å². The fourth-order valence-electron chi connectivity index (χ4n) is 2.31. The third-order valence-electron chi connectivity index (χ3n) is 3.50. The summed E-state index contributed by atoms with van der Waals surface area (Å²) in [6.07, 6.45) is 9.43. The first kappa shape index (κ1) is 16.0. The molecule has 24 heavy (non-hydrogen) atoms. The Bertz CT molecular complexity index is 716. The van der Waals surface area contributed by atoms with Gasteiger partial charge in [0, 0.05) is 18.6 Å². The third kappa shape index (κ3) is 3.40. The molecule has 3 rings (SSSR count). The van der Waals surface area contributed by atoms with E-state index in [2.05, 4.69) is 36.2 Å². The first-order valence-electron chi connectivity index (χ1n) is 7.76. The summed E-state index contributed by atoms with van der Waals surface area (Å²) < 4.78 is 7.52. The molecule has 0 saturated carbocycles. The van der Waals surface area contributed by atoms with Gasteiger partial charge in [-0.05, 0) is 17.5 Å². The summed E-state index contributed by atoms with van der Waals surface area (Å²) in [4.78, 5) is 20.0. The predicted octanol–water partition coefficient (Wildman–Crippen LogP) is 2.09. The van der Waals surface area contributed by atoms with Gasteiger partial charge in [0.25, 0.3) is 0 Å². The molecule has 1 N–H and O–H groups in total. The molecule has 7 nitrogen and oxygen atoms in total. The van der Waals surface area contributed by atoms with E-state index in [-0.39, 0.29) is 5.41 Å². The number of nitrogens with one attached hydrogen (secondary N) is 1. The fourth-order valence-corrected chi connectivity index (χ4v) is 2.31. The minimum Gasteiger partial charge on any atom is -0.491 e. The highest BCUT2D eigenvalue weighted by atomic mass is 16.5. The predicted molar refractivity (Wildman–Crippen MR) is 91.2 cm³/mol. The second kappa shape index (κ2) is 6.35. The number of anilines is 1. The van der Waals surface area contributed by atoms with E-state index < -0.39 is 6.04 Å². The van der Waals surface area contributed by atoms with Crippen LogP contribution < -0.4 is 15.2 Å². The normalized spacial score (nSPS) is 17.4. The van der Waals surface area contributed by atoms with E-state index in [0.717, 1.165) is 12.0 Å². The Hall–Kier alpha value is -2.83. The SMILES string of the molecule is CC(C)(C)COc1ccc(N2NC=C(n3ccnc3)C2C=O)nc1. The van der Waals surface area contributed by atoms with Gasteiger partial charge in [0.1, 0.15) is 17.6 Å². The van der Waals surface area contributed by atoms with Gasteiger partial charge in [0.2, 0.25) is 0 Å². The van der Waals surface area contributed by atoms with Crippen LogP contribution in [0.2, 0.25) is 0 Å². The van der Waals surface area contributed by atoms with Gasteiger partial charge in [0.05, 0.1) is 24.8 Å². The summed E-state index contributed by atoms with van der Waals surface area (Å²) in [7, 11) is 0. The molecular weight excluding hydrogens is 306 g/mol. The van der Waals surface area contributed by atoms with Crippen LogP contribution in [0.25, 0.3) is 5.70 Å². The van der Waals surface area contributed by atoms with E-state index in [4.69, 9.17) is 4.74 Å². The van der Waals surface area contributed by atoms with Crippen LogP contribution in [0.3, 0.4) is 0 Å². The molecular formula is C17H21N5O2. The standard InChI is InChI=1S/C17H21N5O2/c1-17(2,3)11-24-13-4-5-16(19-8-13)22-15(10-23)14(9-20-22)21-7-6-18-12-21/h4-10,12,15,20H,11H2,1-3H3. The highest BCUT2D eigenvalue weighted by Gasteiger charge is 2.29. The van der Waals surface area contributed by atoms with Crippen molar-refractivity contribution in [2.24, 2.45) is 5.41 Å². The number of carbonyl (C=O) groups is 1. The first-order chi connectivity index (χ1) is 11.5. The lowest BCUT2D eigenvalue weighted by Gasteiger charge is -2.24. The largest absolute Gasteiger partial charge is 0.491 e. The molecule has 0 saturated heterocycles. The minimum atomic E-state index is -0.479. The number of hydrogen-bond acceptors (Lipinski definition) is 6. The zero-order chi connectivity index (χ0) is 17.2. The Labute approximate surface area is 140 Å². The summed E-state index contributed by atoms with van der Waals surface area (Å²) in [5.74, 6) is 1.35. The van der Waals surface area contributed by atoms with Gasteiger partial charge in [-0.15, -0.1) is 0 Å². The maximum absolute atomic E-state index is 11.6. The monoisotopic (exact) mass is 327 g/mol. The second-order valence-electron chi connectivity index (χ2n) is 6.82. The Morgan fingerprint density at radius 2 is 2.21 bits per heavy atom. The molecule has 0 aromatic carbocycles. The van der Waals surface area contributed by atoms with Crippen molar-refractivity contribution in [3.63, 3.8) is 0 Å².